The number of carboxylic acid groups (broad SMARTS) is 1. The number of nitrogens with zero attached hydrogens (tertiary/aromatic N) is 2. The first kappa shape index (κ1) is 13.0. The van der Waals surface area contributed by atoms with Gasteiger partial charge < -0.3 is 10.0 Å². The van der Waals surface area contributed by atoms with E-state index in [9.17, 15) is 9.59 Å². The first-order chi connectivity index (χ1) is 7.56. The molecule has 0 saturated carbocycles. The summed E-state index contributed by atoms with van der Waals surface area (Å²) in [5.41, 5.74) is 0. The Morgan fingerprint density at radius 1 is 1.50 bits per heavy atom. The van der Waals surface area contributed by atoms with Crippen molar-refractivity contribution in [2.45, 2.75) is 32.2 Å². The van der Waals surface area contributed by atoms with Crippen molar-refractivity contribution in [3.63, 3.8) is 0 Å². The summed E-state index contributed by atoms with van der Waals surface area (Å²) in [5, 5.41) is 9.13. The van der Waals surface area contributed by atoms with E-state index in [1.165, 1.54) is 0 Å². The van der Waals surface area contributed by atoms with E-state index in [4.69, 9.17) is 5.11 Å². The van der Waals surface area contributed by atoms with E-state index in [0.29, 0.717) is 19.5 Å². The SMILES string of the molecule is CCCC(C(=O)O)N1CCCN(C)C(=O)C1. The maximum Gasteiger partial charge on any atom is 0.320 e. The molecule has 1 amide bonds. The van der Waals surface area contributed by atoms with Gasteiger partial charge in [-0.1, -0.05) is 13.3 Å². The molecule has 0 bridgehead atoms. The minimum absolute atomic E-state index is 0.0138. The number of carbonyl (C=O) groups is 2. The summed E-state index contributed by atoms with van der Waals surface area (Å²) in [4.78, 5) is 26.2. The summed E-state index contributed by atoms with van der Waals surface area (Å²) in [5.74, 6) is -0.806. The second kappa shape index (κ2) is 5.84. The topological polar surface area (TPSA) is 60.9 Å². The maximum atomic E-state index is 11.6. The lowest BCUT2D eigenvalue weighted by molar-refractivity contribution is -0.144. The van der Waals surface area contributed by atoms with Crippen LogP contribution >= 0.6 is 0 Å². The zero-order valence-electron chi connectivity index (χ0n) is 9.98. The summed E-state index contributed by atoms with van der Waals surface area (Å²) in [6.45, 7) is 3.59. The van der Waals surface area contributed by atoms with E-state index in [1.54, 1.807) is 16.8 Å². The predicted octanol–water partition coefficient (Wildman–Crippen LogP) is 0.404. The van der Waals surface area contributed by atoms with E-state index in [1.807, 2.05) is 6.92 Å². The molecule has 1 fully saturated rings. The molecule has 1 atom stereocenters. The zero-order chi connectivity index (χ0) is 12.1. The minimum atomic E-state index is -0.820. The molecule has 1 saturated heterocycles. The van der Waals surface area contributed by atoms with E-state index in [0.717, 1.165) is 12.8 Å². The molecule has 16 heavy (non-hydrogen) atoms. The van der Waals surface area contributed by atoms with Crippen LogP contribution in [0.1, 0.15) is 26.2 Å². The molecule has 5 nitrogen and oxygen atoms in total. The second-order valence-corrected chi connectivity index (χ2v) is 4.28. The van der Waals surface area contributed by atoms with E-state index >= 15 is 0 Å². The number of carbonyl (C=O) groups excluding carboxylic acids is 1. The van der Waals surface area contributed by atoms with E-state index in [-0.39, 0.29) is 12.5 Å². The molecule has 1 aliphatic heterocycles. The number of amides is 1. The van der Waals surface area contributed by atoms with Crippen LogP contribution in [0.5, 0.6) is 0 Å². The Hall–Kier alpha value is -1.10. The molecule has 0 aromatic carbocycles. The largest absolute Gasteiger partial charge is 0.480 e. The number of rotatable bonds is 4. The summed E-state index contributed by atoms with van der Waals surface area (Å²) in [6, 6.07) is -0.513. The third kappa shape index (κ3) is 3.20. The number of carboxylic acids is 1. The number of hydrogen-bond donors (Lipinski definition) is 1. The van der Waals surface area contributed by atoms with Crippen LogP contribution in [-0.2, 0) is 9.59 Å². The van der Waals surface area contributed by atoms with Gasteiger partial charge in [-0.15, -0.1) is 0 Å². The zero-order valence-corrected chi connectivity index (χ0v) is 9.98. The van der Waals surface area contributed by atoms with Crippen LogP contribution in [0.4, 0.5) is 0 Å². The molecule has 1 aliphatic rings. The molecule has 5 heteroatoms. The fourth-order valence-corrected chi connectivity index (χ4v) is 2.01. The number of hydrogen-bond acceptors (Lipinski definition) is 3. The summed E-state index contributed by atoms with van der Waals surface area (Å²) < 4.78 is 0. The van der Waals surface area contributed by atoms with E-state index < -0.39 is 12.0 Å². The van der Waals surface area contributed by atoms with Crippen molar-refractivity contribution in [2.24, 2.45) is 0 Å². The molecular weight excluding hydrogens is 208 g/mol. The highest BCUT2D eigenvalue weighted by atomic mass is 16.4. The third-order valence-electron chi connectivity index (χ3n) is 2.99. The first-order valence-electron chi connectivity index (χ1n) is 5.77. The van der Waals surface area contributed by atoms with Gasteiger partial charge >= 0.3 is 5.97 Å². The molecule has 1 N–H and O–H groups in total. The average molecular weight is 228 g/mol. The van der Waals surface area contributed by atoms with Crippen LogP contribution < -0.4 is 0 Å². The van der Waals surface area contributed by atoms with Crippen molar-refractivity contribution in [3.8, 4) is 0 Å². The molecule has 92 valence electrons. The summed E-state index contributed by atoms with van der Waals surface area (Å²) in [7, 11) is 1.77. The standard InChI is InChI=1S/C11H20N2O3/c1-3-5-9(11(15)16)13-7-4-6-12(2)10(14)8-13/h9H,3-8H2,1-2H3,(H,15,16). The fraction of sp³-hybridized carbons (Fsp3) is 0.818. The van der Waals surface area contributed by atoms with Crippen molar-refractivity contribution < 1.29 is 14.7 Å². The van der Waals surface area contributed by atoms with Gasteiger partial charge in [-0.05, 0) is 12.8 Å². The van der Waals surface area contributed by atoms with Gasteiger partial charge in [0.25, 0.3) is 0 Å². The van der Waals surface area contributed by atoms with Crippen LogP contribution in [0.25, 0.3) is 0 Å². The molecule has 0 aliphatic carbocycles. The summed E-state index contributed by atoms with van der Waals surface area (Å²) in [6.07, 6.45) is 2.26. The molecule has 0 spiro atoms. The Bertz CT molecular complexity index is 268. The van der Waals surface area contributed by atoms with Gasteiger partial charge in [0.15, 0.2) is 0 Å². The van der Waals surface area contributed by atoms with Crippen LogP contribution in [0.15, 0.2) is 0 Å². The van der Waals surface area contributed by atoms with Gasteiger partial charge in [0.05, 0.1) is 6.54 Å². The maximum absolute atomic E-state index is 11.6. The smallest absolute Gasteiger partial charge is 0.320 e. The summed E-state index contributed by atoms with van der Waals surface area (Å²) >= 11 is 0. The molecule has 1 unspecified atom stereocenters. The van der Waals surface area contributed by atoms with Crippen molar-refractivity contribution in [1.29, 1.82) is 0 Å². The van der Waals surface area contributed by atoms with E-state index in [2.05, 4.69) is 0 Å². The van der Waals surface area contributed by atoms with Crippen LogP contribution in [0.3, 0.4) is 0 Å². The van der Waals surface area contributed by atoms with Crippen molar-refractivity contribution in [3.05, 3.63) is 0 Å². The van der Waals surface area contributed by atoms with Crippen molar-refractivity contribution in [1.82, 2.24) is 9.80 Å². The Labute approximate surface area is 96.0 Å². The van der Waals surface area contributed by atoms with Gasteiger partial charge in [-0.2, -0.15) is 0 Å². The number of likely N-dealkylation sites (N-methyl/N-ethyl adjacent to an activating group) is 1. The van der Waals surface area contributed by atoms with Gasteiger partial charge in [-0.25, -0.2) is 0 Å². The second-order valence-electron chi connectivity index (χ2n) is 4.28. The third-order valence-corrected chi connectivity index (χ3v) is 2.99. The Balaban J connectivity index is 2.69. The van der Waals surface area contributed by atoms with Crippen LogP contribution in [0.2, 0.25) is 0 Å². The van der Waals surface area contributed by atoms with Crippen molar-refractivity contribution >= 4 is 11.9 Å². The monoisotopic (exact) mass is 228 g/mol. The van der Waals surface area contributed by atoms with Crippen LogP contribution in [0, 0.1) is 0 Å². The van der Waals surface area contributed by atoms with Gasteiger partial charge in [0.2, 0.25) is 5.91 Å². The lowest BCUT2D eigenvalue weighted by Gasteiger charge is -2.26. The molecule has 1 heterocycles. The molecule has 0 aromatic rings. The highest BCUT2D eigenvalue weighted by Crippen LogP contribution is 2.11. The van der Waals surface area contributed by atoms with Gasteiger partial charge in [0.1, 0.15) is 6.04 Å². The normalized spacial score (nSPS) is 20.6. The van der Waals surface area contributed by atoms with Gasteiger partial charge in [-0.3, -0.25) is 14.5 Å². The number of aliphatic carboxylic acids is 1. The lowest BCUT2D eigenvalue weighted by atomic mass is 10.1. The quantitative estimate of drug-likeness (QED) is 0.757. The Morgan fingerprint density at radius 3 is 2.75 bits per heavy atom. The molecule has 1 rings (SSSR count). The lowest BCUT2D eigenvalue weighted by Crippen LogP contribution is -2.44. The predicted molar refractivity (Wildman–Crippen MR) is 60.2 cm³/mol. The van der Waals surface area contributed by atoms with Gasteiger partial charge in [0, 0.05) is 20.1 Å². The molecular formula is C11H20N2O3. The first-order valence-corrected chi connectivity index (χ1v) is 5.77. The molecule has 0 radical (unpaired) electrons. The average Bonchev–Trinajstić information content (AvgIpc) is 2.38. The fourth-order valence-electron chi connectivity index (χ4n) is 2.01. The Kier molecular flexibility index (Phi) is 4.73. The highest BCUT2D eigenvalue weighted by Gasteiger charge is 2.28. The Morgan fingerprint density at radius 2 is 2.19 bits per heavy atom. The van der Waals surface area contributed by atoms with Crippen molar-refractivity contribution in [2.75, 3.05) is 26.7 Å². The minimum Gasteiger partial charge on any atom is -0.480 e. The highest BCUT2D eigenvalue weighted by molar-refractivity contribution is 5.80. The molecule has 0 aromatic heterocycles. The van der Waals surface area contributed by atoms with Crippen LogP contribution in [-0.4, -0.2) is 59.5 Å².